The molecule has 4 heteroatoms. The van der Waals surface area contributed by atoms with Crippen LogP contribution in [0, 0.1) is 38.3 Å². The summed E-state index contributed by atoms with van der Waals surface area (Å²) < 4.78 is 30.3. The molecule has 0 atom stereocenters. The van der Waals surface area contributed by atoms with Gasteiger partial charge in [0, 0.05) is 23.4 Å². The SMILES string of the molecule is Cc1c(C)c(-c2ccc(NC(C)C)nc2)c(F)c(C)c1-c1ccc(CC(C)C)c(F)c1. The smallest absolute Gasteiger partial charge is 0.134 e. The minimum atomic E-state index is -0.281. The zero-order chi connectivity index (χ0) is 22.9. The predicted octanol–water partition coefficient (Wildman–Crippen LogP) is 7.64. The molecule has 0 unspecified atom stereocenters. The first-order chi connectivity index (χ1) is 14.6. The lowest BCUT2D eigenvalue weighted by atomic mass is 9.86. The van der Waals surface area contributed by atoms with Gasteiger partial charge >= 0.3 is 0 Å². The molecule has 0 aliphatic rings. The summed E-state index contributed by atoms with van der Waals surface area (Å²) in [7, 11) is 0. The predicted molar refractivity (Wildman–Crippen MR) is 127 cm³/mol. The van der Waals surface area contributed by atoms with Gasteiger partial charge in [0.1, 0.15) is 17.5 Å². The van der Waals surface area contributed by atoms with Crippen molar-refractivity contribution < 1.29 is 8.78 Å². The molecule has 1 N–H and O–H groups in total. The topological polar surface area (TPSA) is 24.9 Å². The van der Waals surface area contributed by atoms with Crippen molar-refractivity contribution in [1.82, 2.24) is 4.98 Å². The van der Waals surface area contributed by atoms with Gasteiger partial charge in [0.05, 0.1) is 0 Å². The van der Waals surface area contributed by atoms with Gasteiger partial charge < -0.3 is 5.32 Å². The lowest BCUT2D eigenvalue weighted by Gasteiger charge is -2.20. The molecular weight excluding hydrogens is 390 g/mol. The Morgan fingerprint density at radius 1 is 0.839 bits per heavy atom. The third-order valence-electron chi connectivity index (χ3n) is 5.69. The van der Waals surface area contributed by atoms with Gasteiger partial charge in [-0.15, -0.1) is 0 Å². The van der Waals surface area contributed by atoms with Crippen molar-refractivity contribution >= 4 is 5.82 Å². The largest absolute Gasteiger partial charge is 0.368 e. The van der Waals surface area contributed by atoms with Crippen molar-refractivity contribution in [3.63, 3.8) is 0 Å². The van der Waals surface area contributed by atoms with Crippen LogP contribution < -0.4 is 5.32 Å². The Bertz CT molecular complexity index is 1050. The second-order valence-electron chi connectivity index (χ2n) is 9.07. The summed E-state index contributed by atoms with van der Waals surface area (Å²) >= 11 is 0. The molecule has 0 amide bonds. The number of nitrogens with one attached hydrogen (secondary N) is 1. The molecule has 0 aliphatic heterocycles. The van der Waals surface area contributed by atoms with Crippen LogP contribution in [0.3, 0.4) is 0 Å². The molecule has 0 radical (unpaired) electrons. The monoisotopic (exact) mass is 422 g/mol. The average molecular weight is 423 g/mol. The highest BCUT2D eigenvalue weighted by Gasteiger charge is 2.21. The molecule has 0 saturated carbocycles. The molecule has 31 heavy (non-hydrogen) atoms. The molecule has 0 bridgehead atoms. The Balaban J connectivity index is 2.08. The number of anilines is 1. The minimum Gasteiger partial charge on any atom is -0.368 e. The van der Waals surface area contributed by atoms with Crippen LogP contribution in [0.4, 0.5) is 14.6 Å². The van der Waals surface area contributed by atoms with Crippen molar-refractivity contribution in [2.24, 2.45) is 5.92 Å². The van der Waals surface area contributed by atoms with Gasteiger partial charge in [-0.25, -0.2) is 13.8 Å². The molecule has 2 aromatic carbocycles. The highest BCUT2D eigenvalue weighted by atomic mass is 19.1. The van der Waals surface area contributed by atoms with Crippen LogP contribution in [-0.2, 0) is 6.42 Å². The van der Waals surface area contributed by atoms with Gasteiger partial charge in [0.25, 0.3) is 0 Å². The maximum absolute atomic E-state index is 15.6. The van der Waals surface area contributed by atoms with Gasteiger partial charge in [0.2, 0.25) is 0 Å². The third-order valence-corrected chi connectivity index (χ3v) is 5.69. The first-order valence-electron chi connectivity index (χ1n) is 10.9. The third kappa shape index (κ3) is 4.79. The molecule has 0 saturated heterocycles. The quantitative estimate of drug-likeness (QED) is 0.441. The summed E-state index contributed by atoms with van der Waals surface area (Å²) in [6, 6.07) is 9.31. The first-order valence-corrected chi connectivity index (χ1v) is 10.9. The average Bonchev–Trinajstić information content (AvgIpc) is 2.69. The van der Waals surface area contributed by atoms with Crippen LogP contribution in [-0.4, -0.2) is 11.0 Å². The molecule has 164 valence electrons. The second-order valence-corrected chi connectivity index (χ2v) is 9.07. The Morgan fingerprint density at radius 2 is 1.48 bits per heavy atom. The number of hydrogen-bond donors (Lipinski definition) is 1. The van der Waals surface area contributed by atoms with Gasteiger partial charge in [-0.1, -0.05) is 26.0 Å². The van der Waals surface area contributed by atoms with Crippen LogP contribution in [0.5, 0.6) is 0 Å². The fourth-order valence-corrected chi connectivity index (χ4v) is 4.13. The Hall–Kier alpha value is -2.75. The van der Waals surface area contributed by atoms with Gasteiger partial charge in [-0.3, -0.25) is 0 Å². The van der Waals surface area contributed by atoms with Crippen molar-refractivity contribution in [2.45, 2.75) is 60.9 Å². The van der Waals surface area contributed by atoms with Crippen LogP contribution in [0.15, 0.2) is 36.5 Å². The van der Waals surface area contributed by atoms with E-state index in [9.17, 15) is 4.39 Å². The molecule has 1 heterocycles. The zero-order valence-corrected chi connectivity index (χ0v) is 19.5. The van der Waals surface area contributed by atoms with E-state index in [0.29, 0.717) is 34.6 Å². The highest BCUT2D eigenvalue weighted by Crippen LogP contribution is 2.39. The van der Waals surface area contributed by atoms with E-state index in [1.807, 2.05) is 52.0 Å². The summed E-state index contributed by atoms with van der Waals surface area (Å²) in [6.45, 7) is 13.9. The van der Waals surface area contributed by atoms with Crippen LogP contribution in [0.25, 0.3) is 22.3 Å². The first kappa shape index (κ1) is 22.9. The Morgan fingerprint density at radius 3 is 2.03 bits per heavy atom. The lowest BCUT2D eigenvalue weighted by Crippen LogP contribution is -2.10. The van der Waals surface area contributed by atoms with Crippen molar-refractivity contribution in [3.8, 4) is 22.3 Å². The number of nitrogens with zero attached hydrogens (tertiary/aromatic N) is 1. The number of hydrogen-bond acceptors (Lipinski definition) is 2. The van der Waals surface area contributed by atoms with Gasteiger partial charge in [-0.2, -0.15) is 0 Å². The van der Waals surface area contributed by atoms with Crippen molar-refractivity contribution in [2.75, 3.05) is 5.32 Å². The fraction of sp³-hybridized carbons (Fsp3) is 0.370. The molecule has 3 aromatic rings. The van der Waals surface area contributed by atoms with Gasteiger partial charge in [-0.05, 0) is 98.5 Å². The molecule has 0 fully saturated rings. The fourth-order valence-electron chi connectivity index (χ4n) is 4.13. The maximum atomic E-state index is 15.6. The van der Waals surface area contributed by atoms with E-state index in [0.717, 1.165) is 28.1 Å². The molecule has 0 spiro atoms. The van der Waals surface area contributed by atoms with Crippen molar-refractivity contribution in [1.29, 1.82) is 0 Å². The highest BCUT2D eigenvalue weighted by molar-refractivity contribution is 5.80. The molecule has 2 nitrogen and oxygen atoms in total. The van der Waals surface area contributed by atoms with Crippen molar-refractivity contribution in [3.05, 3.63) is 70.4 Å². The van der Waals surface area contributed by atoms with Gasteiger partial charge in [0.15, 0.2) is 0 Å². The van der Waals surface area contributed by atoms with E-state index in [1.54, 1.807) is 19.2 Å². The van der Waals surface area contributed by atoms with Crippen LogP contribution in [0.2, 0.25) is 0 Å². The summed E-state index contributed by atoms with van der Waals surface area (Å²) in [6.07, 6.45) is 2.39. The lowest BCUT2D eigenvalue weighted by molar-refractivity contribution is 0.574. The molecule has 0 aliphatic carbocycles. The maximum Gasteiger partial charge on any atom is 0.134 e. The number of pyridine rings is 1. The van der Waals surface area contributed by atoms with E-state index in [2.05, 4.69) is 24.1 Å². The van der Waals surface area contributed by atoms with Crippen LogP contribution >= 0.6 is 0 Å². The van der Waals surface area contributed by atoms with E-state index in [-0.39, 0.29) is 17.7 Å². The Kier molecular flexibility index (Phi) is 6.78. The summed E-state index contributed by atoms with van der Waals surface area (Å²) in [4.78, 5) is 4.43. The Labute approximate surface area is 184 Å². The van der Waals surface area contributed by atoms with E-state index in [4.69, 9.17) is 0 Å². The number of halogens is 2. The standard InChI is InChI=1S/C27H32F2N2/c1-15(2)12-20-8-9-21(13-23(20)28)25-17(5)18(6)26(27(29)19(25)7)22-10-11-24(30-14-22)31-16(3)4/h8-11,13-16H,12H2,1-7H3,(H,30,31). The summed E-state index contributed by atoms with van der Waals surface area (Å²) in [5.41, 5.74) is 5.79. The zero-order valence-electron chi connectivity index (χ0n) is 19.5. The summed E-state index contributed by atoms with van der Waals surface area (Å²) in [5, 5.41) is 3.25. The number of rotatable bonds is 6. The van der Waals surface area contributed by atoms with E-state index >= 15 is 4.39 Å². The number of aromatic nitrogens is 1. The van der Waals surface area contributed by atoms with E-state index < -0.39 is 0 Å². The van der Waals surface area contributed by atoms with E-state index in [1.165, 1.54) is 0 Å². The minimum absolute atomic E-state index is 0.232. The normalized spacial score (nSPS) is 11.5. The molecular formula is C27H32F2N2. The van der Waals surface area contributed by atoms with Crippen LogP contribution in [0.1, 0.15) is 49.9 Å². The molecule has 1 aromatic heterocycles. The molecule has 3 rings (SSSR count). The summed E-state index contributed by atoms with van der Waals surface area (Å²) in [5.74, 6) is 0.623. The second kappa shape index (κ2) is 9.17. The number of benzene rings is 2.